The molecular formula is C25H21NO7. The van der Waals surface area contributed by atoms with Crippen molar-refractivity contribution in [1.29, 1.82) is 0 Å². The number of amides is 2. The number of carbonyl (C=O) groups excluding carboxylic acids is 4. The minimum Gasteiger partial charge on any atom is -0.422 e. The molecule has 0 N–H and O–H groups in total. The van der Waals surface area contributed by atoms with Crippen molar-refractivity contribution in [2.24, 2.45) is 11.8 Å². The first-order chi connectivity index (χ1) is 15.8. The summed E-state index contributed by atoms with van der Waals surface area (Å²) in [5.41, 5.74) is 0.469. The summed E-state index contributed by atoms with van der Waals surface area (Å²) < 4.78 is 16.5. The van der Waals surface area contributed by atoms with Gasteiger partial charge in [0.2, 0.25) is 11.8 Å². The van der Waals surface area contributed by atoms with Gasteiger partial charge in [0.1, 0.15) is 0 Å². The van der Waals surface area contributed by atoms with E-state index in [9.17, 15) is 19.2 Å². The van der Waals surface area contributed by atoms with Crippen molar-refractivity contribution in [2.45, 2.75) is 31.8 Å². The fraction of sp³-hybridized carbons (Fsp3) is 0.280. The van der Waals surface area contributed by atoms with E-state index in [2.05, 4.69) is 0 Å². The van der Waals surface area contributed by atoms with Crippen molar-refractivity contribution in [3.63, 3.8) is 0 Å². The van der Waals surface area contributed by atoms with Crippen molar-refractivity contribution in [2.75, 3.05) is 4.90 Å². The Morgan fingerprint density at radius 3 is 2.24 bits per heavy atom. The monoisotopic (exact) mass is 447 g/mol. The number of para-hydroxylation sites is 1. The molecule has 33 heavy (non-hydrogen) atoms. The van der Waals surface area contributed by atoms with E-state index in [0.717, 1.165) is 11.1 Å². The van der Waals surface area contributed by atoms with Crippen LogP contribution in [0.4, 0.5) is 5.69 Å². The van der Waals surface area contributed by atoms with Gasteiger partial charge in [-0.15, -0.1) is 0 Å². The number of rotatable bonds is 5. The van der Waals surface area contributed by atoms with E-state index in [-0.39, 0.29) is 0 Å². The molecule has 0 unspecified atom stereocenters. The molecule has 5 rings (SSSR count). The third-order valence-electron chi connectivity index (χ3n) is 6.22. The predicted octanol–water partition coefficient (Wildman–Crippen LogP) is 2.62. The molecule has 8 nitrogen and oxygen atoms in total. The van der Waals surface area contributed by atoms with Crippen molar-refractivity contribution in [3.8, 4) is 11.1 Å². The van der Waals surface area contributed by atoms with Crippen molar-refractivity contribution >= 4 is 29.4 Å². The maximum atomic E-state index is 13.8. The predicted molar refractivity (Wildman–Crippen MR) is 115 cm³/mol. The molecule has 4 atom stereocenters. The highest BCUT2D eigenvalue weighted by Crippen LogP contribution is 2.55. The molecule has 2 bridgehead atoms. The van der Waals surface area contributed by atoms with E-state index in [0.29, 0.717) is 5.69 Å². The van der Waals surface area contributed by atoms with E-state index < -0.39 is 53.6 Å². The first kappa shape index (κ1) is 21.1. The summed E-state index contributed by atoms with van der Waals surface area (Å²) in [6, 6.07) is 16.6. The van der Waals surface area contributed by atoms with Gasteiger partial charge in [-0.1, -0.05) is 54.6 Å². The van der Waals surface area contributed by atoms with Crippen LogP contribution in [0.15, 0.2) is 66.7 Å². The maximum absolute atomic E-state index is 13.8. The smallest absolute Gasteiger partial charge is 0.305 e. The average molecular weight is 447 g/mol. The van der Waals surface area contributed by atoms with Crippen LogP contribution in [-0.4, -0.2) is 41.7 Å². The average Bonchev–Trinajstić information content (AvgIpc) is 3.44. The topological polar surface area (TPSA) is 99.2 Å². The number of ether oxygens (including phenoxy) is 3. The molecule has 8 heteroatoms. The van der Waals surface area contributed by atoms with Crippen LogP contribution in [0, 0.1) is 11.8 Å². The van der Waals surface area contributed by atoms with E-state index in [4.69, 9.17) is 14.2 Å². The van der Waals surface area contributed by atoms with Gasteiger partial charge in [0.15, 0.2) is 5.60 Å². The van der Waals surface area contributed by atoms with Crippen molar-refractivity contribution in [3.05, 3.63) is 66.7 Å². The fourth-order valence-corrected chi connectivity index (χ4v) is 4.98. The molecule has 0 saturated carbocycles. The molecule has 0 spiro atoms. The molecule has 0 aromatic heterocycles. The Morgan fingerprint density at radius 1 is 0.939 bits per heavy atom. The largest absolute Gasteiger partial charge is 0.422 e. The van der Waals surface area contributed by atoms with Crippen LogP contribution in [-0.2, 0) is 33.4 Å². The molecule has 3 aliphatic heterocycles. The molecule has 168 valence electrons. The summed E-state index contributed by atoms with van der Waals surface area (Å²) in [6.07, 6.45) is 1.02. The SMILES string of the molecule is CC(=O)OC(OC(C)=O)[C@]12C=C[C@@H](O1)[C@H]1C(=O)N(c3ccccc3-c3ccccc3)C(=O)[C@@H]12. The van der Waals surface area contributed by atoms with Crippen molar-refractivity contribution in [1.82, 2.24) is 0 Å². The van der Waals surface area contributed by atoms with Gasteiger partial charge in [0.05, 0.1) is 23.6 Å². The van der Waals surface area contributed by atoms with Gasteiger partial charge in [0.25, 0.3) is 6.29 Å². The van der Waals surface area contributed by atoms with Gasteiger partial charge in [0, 0.05) is 19.4 Å². The number of fused-ring (bicyclic) bond motifs is 5. The van der Waals surface area contributed by atoms with Gasteiger partial charge in [-0.25, -0.2) is 4.90 Å². The Hall–Kier alpha value is -3.78. The molecule has 2 aromatic carbocycles. The van der Waals surface area contributed by atoms with E-state index in [1.165, 1.54) is 18.7 Å². The first-order valence-corrected chi connectivity index (χ1v) is 10.6. The number of hydrogen-bond donors (Lipinski definition) is 0. The lowest BCUT2D eigenvalue weighted by molar-refractivity contribution is -0.226. The minimum atomic E-state index is -1.57. The molecule has 0 aliphatic carbocycles. The second-order valence-electron chi connectivity index (χ2n) is 8.24. The quantitative estimate of drug-likeness (QED) is 0.301. The highest BCUT2D eigenvalue weighted by molar-refractivity contribution is 6.24. The summed E-state index contributed by atoms with van der Waals surface area (Å²) in [5.74, 6) is -4.14. The molecular weight excluding hydrogens is 426 g/mol. The maximum Gasteiger partial charge on any atom is 0.305 e. The normalized spacial score (nSPS) is 27.2. The molecule has 2 saturated heterocycles. The number of hydrogen-bond acceptors (Lipinski definition) is 7. The minimum absolute atomic E-state index is 0.408. The van der Waals surface area contributed by atoms with Crippen LogP contribution in [0.2, 0.25) is 0 Å². The number of nitrogens with zero attached hydrogens (tertiary/aromatic N) is 1. The van der Waals surface area contributed by atoms with Gasteiger partial charge in [-0.3, -0.25) is 19.2 Å². The molecule has 2 amide bonds. The van der Waals surface area contributed by atoms with Gasteiger partial charge < -0.3 is 14.2 Å². The van der Waals surface area contributed by atoms with Crippen LogP contribution >= 0.6 is 0 Å². The summed E-state index contributed by atoms with van der Waals surface area (Å²) >= 11 is 0. The van der Waals surface area contributed by atoms with E-state index in [1.54, 1.807) is 24.3 Å². The lowest BCUT2D eigenvalue weighted by Crippen LogP contribution is -2.52. The molecule has 3 aliphatic rings. The second-order valence-corrected chi connectivity index (χ2v) is 8.24. The van der Waals surface area contributed by atoms with Gasteiger partial charge in [-0.2, -0.15) is 0 Å². The Balaban J connectivity index is 1.58. The van der Waals surface area contributed by atoms with Crippen LogP contribution in [0.3, 0.4) is 0 Å². The number of carbonyl (C=O) groups is 4. The zero-order chi connectivity index (χ0) is 23.3. The van der Waals surface area contributed by atoms with Gasteiger partial charge in [-0.05, 0) is 17.7 Å². The Kier molecular flexibility index (Phi) is 4.90. The zero-order valence-corrected chi connectivity index (χ0v) is 18.0. The van der Waals surface area contributed by atoms with Gasteiger partial charge >= 0.3 is 11.9 Å². The highest BCUT2D eigenvalue weighted by atomic mass is 16.7. The Bertz CT molecular complexity index is 1170. The summed E-state index contributed by atoms with van der Waals surface area (Å²) in [7, 11) is 0. The second kappa shape index (κ2) is 7.67. The first-order valence-electron chi connectivity index (χ1n) is 10.6. The molecule has 2 fully saturated rings. The van der Waals surface area contributed by atoms with Crippen molar-refractivity contribution < 1.29 is 33.4 Å². The Labute approximate surface area is 189 Å². The lowest BCUT2D eigenvalue weighted by atomic mass is 9.76. The lowest BCUT2D eigenvalue weighted by Gasteiger charge is -2.34. The molecule has 0 radical (unpaired) electrons. The molecule has 3 heterocycles. The summed E-state index contributed by atoms with van der Waals surface area (Å²) in [5, 5.41) is 0. The number of benzene rings is 2. The van der Waals surface area contributed by atoms with E-state index >= 15 is 0 Å². The Morgan fingerprint density at radius 2 is 1.58 bits per heavy atom. The fourth-order valence-electron chi connectivity index (χ4n) is 4.98. The zero-order valence-electron chi connectivity index (χ0n) is 18.0. The molecule has 2 aromatic rings. The van der Waals surface area contributed by atoms with Crippen LogP contribution in [0.1, 0.15) is 13.8 Å². The summed E-state index contributed by atoms with van der Waals surface area (Å²) in [6.45, 7) is 2.33. The number of anilines is 1. The number of imide groups is 1. The summed E-state index contributed by atoms with van der Waals surface area (Å²) in [4.78, 5) is 52.0. The van der Waals surface area contributed by atoms with E-state index in [1.807, 2.05) is 42.5 Å². The third kappa shape index (κ3) is 3.17. The third-order valence-corrected chi connectivity index (χ3v) is 6.22. The van der Waals surface area contributed by atoms with Crippen LogP contribution in [0.5, 0.6) is 0 Å². The number of esters is 2. The van der Waals surface area contributed by atoms with Crippen LogP contribution < -0.4 is 4.90 Å². The van der Waals surface area contributed by atoms with Crippen LogP contribution in [0.25, 0.3) is 11.1 Å². The highest BCUT2D eigenvalue weighted by Gasteiger charge is 2.72. The standard InChI is InChI=1S/C25H21NO7/c1-14(27)31-24(32-15(2)28)25-13-12-19(33-25)20-21(25)23(30)26(22(20)29)18-11-7-6-10-17(18)16-8-4-3-5-9-16/h3-13,19-21,24H,1-2H3/t19-,20-,21-,25-/m1/s1.